The van der Waals surface area contributed by atoms with Gasteiger partial charge in [-0.15, -0.1) is 0 Å². The minimum Gasteiger partial charge on any atom is -0.481 e. The Morgan fingerprint density at radius 3 is 2.23 bits per heavy atom. The lowest BCUT2D eigenvalue weighted by molar-refractivity contribution is -0.140. The molecule has 0 fully saturated rings. The number of carbonyl (C=O) groups excluding carboxylic acids is 1. The maximum Gasteiger partial charge on any atom is 0.311 e. The molecule has 4 heteroatoms. The summed E-state index contributed by atoms with van der Waals surface area (Å²) in [7, 11) is 0. The standard InChI is InChI=1S/C18H19NO3/c1-2-13-8-10-15(11-9-13)19-17(20)12-16(18(21)22)14-6-4-3-5-7-14/h3-11,16H,2,12H2,1H3,(H,19,20)(H,21,22)/t16-/m1/s1. The maximum absolute atomic E-state index is 12.1. The van der Waals surface area contributed by atoms with Crippen molar-refractivity contribution in [3.8, 4) is 0 Å². The minimum atomic E-state index is -0.998. The number of amides is 1. The fourth-order valence-electron chi connectivity index (χ4n) is 2.25. The summed E-state index contributed by atoms with van der Waals surface area (Å²) in [5.74, 6) is -2.14. The molecule has 4 nitrogen and oxygen atoms in total. The van der Waals surface area contributed by atoms with Gasteiger partial charge in [-0.05, 0) is 29.7 Å². The number of benzene rings is 2. The highest BCUT2D eigenvalue weighted by molar-refractivity contribution is 5.94. The molecule has 0 aliphatic heterocycles. The summed E-state index contributed by atoms with van der Waals surface area (Å²) in [6.07, 6.45) is 0.845. The summed E-state index contributed by atoms with van der Waals surface area (Å²) in [6.45, 7) is 2.06. The summed E-state index contributed by atoms with van der Waals surface area (Å²) < 4.78 is 0. The highest BCUT2D eigenvalue weighted by Gasteiger charge is 2.23. The molecule has 2 N–H and O–H groups in total. The van der Waals surface area contributed by atoms with Gasteiger partial charge in [-0.2, -0.15) is 0 Å². The first-order valence-corrected chi connectivity index (χ1v) is 7.26. The van der Waals surface area contributed by atoms with E-state index >= 15 is 0 Å². The number of aryl methyl sites for hydroxylation is 1. The van der Waals surface area contributed by atoms with E-state index in [1.807, 2.05) is 30.3 Å². The van der Waals surface area contributed by atoms with Crippen molar-refractivity contribution in [2.75, 3.05) is 5.32 Å². The van der Waals surface area contributed by atoms with E-state index in [0.717, 1.165) is 6.42 Å². The second-order valence-electron chi connectivity index (χ2n) is 5.10. The second-order valence-corrected chi connectivity index (χ2v) is 5.10. The molecule has 0 heterocycles. The number of carboxylic acid groups (broad SMARTS) is 1. The van der Waals surface area contributed by atoms with E-state index in [2.05, 4.69) is 12.2 Å². The van der Waals surface area contributed by atoms with Gasteiger partial charge in [0.2, 0.25) is 5.91 Å². The van der Waals surface area contributed by atoms with Gasteiger partial charge in [-0.25, -0.2) is 0 Å². The Labute approximate surface area is 129 Å². The van der Waals surface area contributed by atoms with Gasteiger partial charge in [0.15, 0.2) is 0 Å². The highest BCUT2D eigenvalue weighted by atomic mass is 16.4. The molecule has 0 aliphatic carbocycles. The molecule has 22 heavy (non-hydrogen) atoms. The number of aliphatic carboxylic acids is 1. The molecule has 0 unspecified atom stereocenters. The van der Waals surface area contributed by atoms with Gasteiger partial charge in [-0.3, -0.25) is 9.59 Å². The molecular weight excluding hydrogens is 278 g/mol. The highest BCUT2D eigenvalue weighted by Crippen LogP contribution is 2.21. The van der Waals surface area contributed by atoms with Gasteiger partial charge in [0, 0.05) is 12.1 Å². The lowest BCUT2D eigenvalue weighted by Crippen LogP contribution is -2.20. The van der Waals surface area contributed by atoms with Crippen LogP contribution in [0.15, 0.2) is 54.6 Å². The summed E-state index contributed by atoms with van der Waals surface area (Å²) >= 11 is 0. The van der Waals surface area contributed by atoms with Crippen LogP contribution < -0.4 is 5.32 Å². The van der Waals surface area contributed by atoms with Crippen molar-refractivity contribution in [2.24, 2.45) is 0 Å². The molecule has 2 aromatic carbocycles. The molecular formula is C18H19NO3. The molecule has 0 aliphatic rings. The second kappa shape index (κ2) is 7.41. The zero-order valence-electron chi connectivity index (χ0n) is 12.5. The molecule has 0 saturated heterocycles. The van der Waals surface area contributed by atoms with Crippen molar-refractivity contribution in [2.45, 2.75) is 25.7 Å². The molecule has 1 atom stereocenters. The van der Waals surface area contributed by atoms with Crippen LogP contribution in [-0.4, -0.2) is 17.0 Å². The lowest BCUT2D eigenvalue weighted by Gasteiger charge is -2.13. The molecule has 0 saturated carbocycles. The number of rotatable bonds is 6. The van der Waals surface area contributed by atoms with E-state index in [1.165, 1.54) is 5.56 Å². The molecule has 2 rings (SSSR count). The van der Waals surface area contributed by atoms with Crippen molar-refractivity contribution in [1.29, 1.82) is 0 Å². The molecule has 0 aromatic heterocycles. The molecule has 0 bridgehead atoms. The predicted molar refractivity (Wildman–Crippen MR) is 85.9 cm³/mol. The Kier molecular flexibility index (Phi) is 5.31. The van der Waals surface area contributed by atoms with Crippen molar-refractivity contribution >= 4 is 17.6 Å². The van der Waals surface area contributed by atoms with Gasteiger partial charge in [0.25, 0.3) is 0 Å². The Bertz CT molecular complexity index is 635. The van der Waals surface area contributed by atoms with Gasteiger partial charge in [-0.1, -0.05) is 49.4 Å². The average molecular weight is 297 g/mol. The normalized spacial score (nSPS) is 11.7. The smallest absolute Gasteiger partial charge is 0.311 e. The zero-order valence-corrected chi connectivity index (χ0v) is 12.5. The summed E-state index contributed by atoms with van der Waals surface area (Å²) in [4.78, 5) is 23.5. The van der Waals surface area contributed by atoms with Crippen molar-refractivity contribution in [1.82, 2.24) is 0 Å². The first-order valence-electron chi connectivity index (χ1n) is 7.26. The quantitative estimate of drug-likeness (QED) is 0.858. The predicted octanol–water partition coefficient (Wildman–Crippen LogP) is 3.45. The minimum absolute atomic E-state index is 0.0884. The van der Waals surface area contributed by atoms with Crippen LogP contribution in [0.3, 0.4) is 0 Å². The number of nitrogens with one attached hydrogen (secondary N) is 1. The maximum atomic E-state index is 12.1. The van der Waals surface area contributed by atoms with E-state index in [1.54, 1.807) is 24.3 Å². The van der Waals surface area contributed by atoms with E-state index in [0.29, 0.717) is 11.3 Å². The lowest BCUT2D eigenvalue weighted by atomic mass is 9.95. The number of hydrogen-bond donors (Lipinski definition) is 2. The van der Waals surface area contributed by atoms with Crippen LogP contribution in [0.4, 0.5) is 5.69 Å². The number of carboxylic acids is 1. The van der Waals surface area contributed by atoms with E-state index < -0.39 is 11.9 Å². The molecule has 0 spiro atoms. The third-order valence-corrected chi connectivity index (χ3v) is 3.54. The monoisotopic (exact) mass is 297 g/mol. The largest absolute Gasteiger partial charge is 0.481 e. The summed E-state index contributed by atoms with van der Waals surface area (Å²) in [5, 5.41) is 12.1. The molecule has 0 radical (unpaired) electrons. The Morgan fingerprint density at radius 2 is 1.68 bits per heavy atom. The van der Waals surface area contributed by atoms with Gasteiger partial charge < -0.3 is 10.4 Å². The van der Waals surface area contributed by atoms with Crippen molar-refractivity contribution in [3.63, 3.8) is 0 Å². The van der Waals surface area contributed by atoms with E-state index in [9.17, 15) is 14.7 Å². The van der Waals surface area contributed by atoms with Crippen LogP contribution in [-0.2, 0) is 16.0 Å². The third kappa shape index (κ3) is 4.19. The Hall–Kier alpha value is -2.62. The van der Waals surface area contributed by atoms with Gasteiger partial charge in [0.1, 0.15) is 0 Å². The van der Waals surface area contributed by atoms with Gasteiger partial charge >= 0.3 is 5.97 Å². The Morgan fingerprint density at radius 1 is 1.05 bits per heavy atom. The van der Waals surface area contributed by atoms with Crippen molar-refractivity contribution < 1.29 is 14.7 Å². The fourth-order valence-corrected chi connectivity index (χ4v) is 2.25. The van der Waals surface area contributed by atoms with Crippen LogP contribution in [0.2, 0.25) is 0 Å². The first kappa shape index (κ1) is 15.8. The van der Waals surface area contributed by atoms with Crippen LogP contribution in [0.1, 0.15) is 30.4 Å². The SMILES string of the molecule is CCc1ccc(NC(=O)C[C@@H](C(=O)O)c2ccccc2)cc1. The van der Waals surface area contributed by atoms with Crippen LogP contribution in [0.25, 0.3) is 0 Å². The summed E-state index contributed by atoms with van der Waals surface area (Å²) in [5.41, 5.74) is 2.50. The van der Waals surface area contributed by atoms with E-state index in [-0.39, 0.29) is 12.3 Å². The van der Waals surface area contributed by atoms with Crippen LogP contribution >= 0.6 is 0 Å². The molecule has 2 aromatic rings. The summed E-state index contributed by atoms with van der Waals surface area (Å²) in [6, 6.07) is 16.4. The van der Waals surface area contributed by atoms with Crippen molar-refractivity contribution in [3.05, 3.63) is 65.7 Å². The molecule has 114 valence electrons. The Balaban J connectivity index is 2.03. The number of carbonyl (C=O) groups is 2. The topological polar surface area (TPSA) is 66.4 Å². The average Bonchev–Trinajstić information content (AvgIpc) is 2.54. The fraction of sp³-hybridized carbons (Fsp3) is 0.222. The van der Waals surface area contributed by atoms with Gasteiger partial charge in [0.05, 0.1) is 5.92 Å². The van der Waals surface area contributed by atoms with Crippen LogP contribution in [0, 0.1) is 0 Å². The first-order chi connectivity index (χ1) is 10.6. The number of hydrogen-bond acceptors (Lipinski definition) is 2. The molecule has 1 amide bonds. The van der Waals surface area contributed by atoms with Crippen LogP contribution in [0.5, 0.6) is 0 Å². The van der Waals surface area contributed by atoms with E-state index in [4.69, 9.17) is 0 Å². The number of anilines is 1. The third-order valence-electron chi connectivity index (χ3n) is 3.54. The zero-order chi connectivity index (χ0) is 15.9.